The van der Waals surface area contributed by atoms with E-state index in [1.807, 2.05) is 0 Å². The second-order valence-electron chi connectivity index (χ2n) is 2.51. The van der Waals surface area contributed by atoms with E-state index in [9.17, 15) is 8.76 Å². The van der Waals surface area contributed by atoms with E-state index >= 15 is 0 Å². The van der Waals surface area contributed by atoms with Gasteiger partial charge in [-0.3, -0.25) is 4.21 Å². The molecule has 0 amide bonds. The minimum absolute atomic E-state index is 0.628. The molecule has 2 N–H and O–H groups in total. The van der Waals surface area contributed by atoms with Gasteiger partial charge >= 0.3 is 0 Å². The van der Waals surface area contributed by atoms with E-state index in [0.717, 1.165) is 12.8 Å². The molecule has 1 aliphatic carbocycles. The molecule has 54 valence electrons. The third kappa shape index (κ3) is 1.31. The van der Waals surface area contributed by atoms with Crippen LogP contribution < -0.4 is 5.73 Å². The van der Waals surface area contributed by atoms with Crippen molar-refractivity contribution in [2.24, 2.45) is 5.73 Å². The summed E-state index contributed by atoms with van der Waals surface area (Å²) in [5, 5.41) is 0. The van der Waals surface area contributed by atoms with Crippen molar-refractivity contribution < 1.29 is 8.76 Å². The second kappa shape index (κ2) is 2.36. The zero-order valence-electron chi connectivity index (χ0n) is 5.13. The summed E-state index contributed by atoms with van der Waals surface area (Å²) in [6.07, 6.45) is 3.15. The Morgan fingerprint density at radius 1 is 1.44 bits per heavy atom. The molecule has 1 aliphatic rings. The van der Waals surface area contributed by atoms with Crippen LogP contribution in [0.1, 0.15) is 25.7 Å². The molecule has 0 saturated heterocycles. The zero-order valence-corrected chi connectivity index (χ0v) is 5.95. The fourth-order valence-corrected chi connectivity index (χ4v) is 1.76. The lowest BCUT2D eigenvalue weighted by Crippen LogP contribution is -2.40. The van der Waals surface area contributed by atoms with Gasteiger partial charge in [0, 0.05) is 0 Å². The van der Waals surface area contributed by atoms with E-state index in [1.165, 1.54) is 0 Å². The fraction of sp³-hybridized carbons (Fsp3) is 1.00. The summed E-state index contributed by atoms with van der Waals surface area (Å²) in [5.41, 5.74) is 5.49. The van der Waals surface area contributed by atoms with Crippen molar-refractivity contribution in [3.05, 3.63) is 0 Å². The lowest BCUT2D eigenvalue weighted by Gasteiger charge is -2.25. The lowest BCUT2D eigenvalue weighted by atomic mass is 10.3. The number of hydrogen-bond acceptors (Lipinski definition) is 3. The van der Waals surface area contributed by atoms with Gasteiger partial charge in [0.2, 0.25) is 0 Å². The van der Waals surface area contributed by atoms with Crippen LogP contribution in [0.4, 0.5) is 0 Å². The van der Waals surface area contributed by atoms with Gasteiger partial charge in [0.1, 0.15) is 0 Å². The Bertz CT molecular complexity index is 131. The Balaban J connectivity index is 2.61. The fourth-order valence-electron chi connectivity index (χ4n) is 1.14. The number of rotatable bonds is 1. The predicted molar refractivity (Wildman–Crippen MR) is 34.3 cm³/mol. The molecule has 0 aromatic rings. The van der Waals surface area contributed by atoms with Gasteiger partial charge in [-0.1, -0.05) is 12.8 Å². The zero-order chi connectivity index (χ0) is 6.91. The number of hydrogen-bond donors (Lipinski definition) is 1. The van der Waals surface area contributed by atoms with Gasteiger partial charge in [-0.25, -0.2) is 0 Å². The molecule has 9 heavy (non-hydrogen) atoms. The monoisotopic (exact) mass is 148 g/mol. The molecule has 0 bridgehead atoms. The maximum absolute atomic E-state index is 10.4. The highest BCUT2D eigenvalue weighted by molar-refractivity contribution is 7.80. The quantitative estimate of drug-likeness (QED) is 0.536. The van der Waals surface area contributed by atoms with Gasteiger partial charge in [0.25, 0.3) is 0 Å². The van der Waals surface area contributed by atoms with E-state index in [4.69, 9.17) is 5.73 Å². The molecule has 0 heterocycles. The van der Waals surface area contributed by atoms with Crippen molar-refractivity contribution in [1.82, 2.24) is 0 Å². The molecule has 0 aromatic heterocycles. The Kier molecular flexibility index (Phi) is 1.88. The minimum Gasteiger partial charge on any atom is -0.771 e. The van der Waals surface area contributed by atoms with E-state index in [0.29, 0.717) is 12.8 Å². The van der Waals surface area contributed by atoms with Gasteiger partial charge in [0.15, 0.2) is 0 Å². The summed E-state index contributed by atoms with van der Waals surface area (Å²) < 4.78 is 20.8. The molecule has 3 nitrogen and oxygen atoms in total. The van der Waals surface area contributed by atoms with Crippen molar-refractivity contribution in [1.29, 1.82) is 0 Å². The van der Waals surface area contributed by atoms with Gasteiger partial charge in [-0.15, -0.1) is 0 Å². The molecular formula is C5H10NO2S-. The first-order valence-corrected chi connectivity index (χ1v) is 4.11. The predicted octanol–water partition coefficient (Wildman–Crippen LogP) is 0.0945. The molecule has 1 saturated carbocycles. The Labute approximate surface area is 56.9 Å². The first kappa shape index (κ1) is 7.18. The molecule has 1 unspecified atom stereocenters. The van der Waals surface area contributed by atoms with Crippen LogP contribution in [0.3, 0.4) is 0 Å². The van der Waals surface area contributed by atoms with E-state index in [-0.39, 0.29) is 0 Å². The average Bonchev–Trinajstić information content (AvgIpc) is 2.16. The molecule has 1 rings (SSSR count). The van der Waals surface area contributed by atoms with E-state index < -0.39 is 16.0 Å². The smallest absolute Gasteiger partial charge is 0.0788 e. The standard InChI is InChI=1S/C5H11NO2S/c6-5(9(7)8)3-1-2-4-5/h1-4,6H2,(H,7,8)/p-1. The summed E-state index contributed by atoms with van der Waals surface area (Å²) in [7, 11) is 0. The third-order valence-corrected chi connectivity index (χ3v) is 2.85. The first-order valence-electron chi connectivity index (χ1n) is 3.03. The van der Waals surface area contributed by atoms with Crippen LogP contribution in [-0.4, -0.2) is 13.6 Å². The highest BCUT2D eigenvalue weighted by Gasteiger charge is 2.29. The maximum atomic E-state index is 10.4. The van der Waals surface area contributed by atoms with Crippen LogP contribution in [0.2, 0.25) is 0 Å². The maximum Gasteiger partial charge on any atom is 0.0788 e. The summed E-state index contributed by atoms with van der Waals surface area (Å²) in [6, 6.07) is 0. The summed E-state index contributed by atoms with van der Waals surface area (Å²) in [5.74, 6) is 0. The SMILES string of the molecule is NC1(S(=O)[O-])CCCC1. The highest BCUT2D eigenvalue weighted by atomic mass is 32.2. The van der Waals surface area contributed by atoms with Crippen molar-refractivity contribution in [3.8, 4) is 0 Å². The third-order valence-electron chi connectivity index (χ3n) is 1.78. The molecular weight excluding hydrogens is 138 g/mol. The lowest BCUT2D eigenvalue weighted by molar-refractivity contribution is 0.476. The van der Waals surface area contributed by atoms with E-state index in [1.54, 1.807) is 0 Å². The molecule has 0 aliphatic heterocycles. The van der Waals surface area contributed by atoms with Crippen molar-refractivity contribution in [2.45, 2.75) is 30.6 Å². The van der Waals surface area contributed by atoms with Crippen molar-refractivity contribution in [2.75, 3.05) is 0 Å². The van der Waals surface area contributed by atoms with Crippen LogP contribution in [0.25, 0.3) is 0 Å². The first-order chi connectivity index (χ1) is 4.15. The Morgan fingerprint density at radius 2 is 1.89 bits per heavy atom. The van der Waals surface area contributed by atoms with Crippen molar-refractivity contribution >= 4 is 11.1 Å². The summed E-state index contributed by atoms with van der Waals surface area (Å²) in [6.45, 7) is 0. The van der Waals surface area contributed by atoms with Crippen molar-refractivity contribution in [3.63, 3.8) is 0 Å². The summed E-state index contributed by atoms with van der Waals surface area (Å²) >= 11 is -2.08. The van der Waals surface area contributed by atoms with Crippen LogP contribution in [0.15, 0.2) is 0 Å². The molecule has 4 heteroatoms. The van der Waals surface area contributed by atoms with Gasteiger partial charge in [-0.2, -0.15) is 0 Å². The van der Waals surface area contributed by atoms with Gasteiger partial charge < -0.3 is 10.3 Å². The van der Waals surface area contributed by atoms with Crippen LogP contribution in [0, 0.1) is 0 Å². The Hall–Kier alpha value is 0.0700. The van der Waals surface area contributed by atoms with Crippen LogP contribution in [0.5, 0.6) is 0 Å². The van der Waals surface area contributed by atoms with Gasteiger partial charge in [-0.05, 0) is 23.9 Å². The highest BCUT2D eigenvalue weighted by Crippen LogP contribution is 2.28. The minimum atomic E-state index is -2.08. The average molecular weight is 148 g/mol. The van der Waals surface area contributed by atoms with Crippen LogP contribution >= 0.6 is 0 Å². The van der Waals surface area contributed by atoms with Crippen LogP contribution in [-0.2, 0) is 11.1 Å². The second-order valence-corrected chi connectivity index (χ2v) is 3.79. The largest absolute Gasteiger partial charge is 0.771 e. The molecule has 1 fully saturated rings. The molecule has 0 aromatic carbocycles. The van der Waals surface area contributed by atoms with E-state index in [2.05, 4.69) is 0 Å². The molecule has 1 atom stereocenters. The normalized spacial score (nSPS) is 28.2. The topological polar surface area (TPSA) is 66.2 Å². The summed E-state index contributed by atoms with van der Waals surface area (Å²) in [4.78, 5) is -0.889. The van der Waals surface area contributed by atoms with Gasteiger partial charge in [0.05, 0.1) is 4.87 Å². The Morgan fingerprint density at radius 3 is 2.11 bits per heavy atom. The molecule has 0 radical (unpaired) electrons. The molecule has 0 spiro atoms. The number of nitrogens with two attached hydrogens (primary N) is 1.